The Hall–Kier alpha value is -2.81. The van der Waals surface area contributed by atoms with Crippen molar-refractivity contribution in [3.05, 3.63) is 42.7 Å². The van der Waals surface area contributed by atoms with Crippen molar-refractivity contribution in [2.24, 2.45) is 5.10 Å². The number of carbonyl (C=O) groups excluding carboxylic acids is 1. The molecule has 3 rings (SSSR count). The number of nitrogens with zero attached hydrogens (tertiary/aromatic N) is 5. The smallest absolute Gasteiger partial charge is 0.317 e. The van der Waals surface area contributed by atoms with Gasteiger partial charge in [0.25, 0.3) is 0 Å². The van der Waals surface area contributed by atoms with Gasteiger partial charge in [0.2, 0.25) is 0 Å². The van der Waals surface area contributed by atoms with Gasteiger partial charge < -0.3 is 16.0 Å². The monoisotopic (exact) mass is 371 g/mol. The third-order valence-corrected chi connectivity index (χ3v) is 4.58. The molecule has 2 heterocycles. The first kappa shape index (κ1) is 18.0. The Morgan fingerprint density at radius 3 is 2.88 bits per heavy atom. The Labute approximate surface area is 156 Å². The fourth-order valence-corrected chi connectivity index (χ4v) is 3.09. The van der Waals surface area contributed by atoms with Crippen molar-refractivity contribution >= 4 is 35.0 Å². The molecule has 1 fully saturated rings. The summed E-state index contributed by atoms with van der Waals surface area (Å²) >= 11 is 1.51. The van der Waals surface area contributed by atoms with E-state index in [2.05, 4.69) is 20.4 Å². The number of nitrogen functional groups attached to an aromatic ring is 1. The van der Waals surface area contributed by atoms with Crippen LogP contribution in [0.1, 0.15) is 6.92 Å². The maximum atomic E-state index is 11.9. The summed E-state index contributed by atoms with van der Waals surface area (Å²) in [5.41, 5.74) is 7.55. The van der Waals surface area contributed by atoms with Gasteiger partial charge in [-0.05, 0) is 19.1 Å². The second kappa shape index (κ2) is 8.52. The lowest BCUT2D eigenvalue weighted by Gasteiger charge is -2.43. The Morgan fingerprint density at radius 2 is 2.19 bits per heavy atom. The molecule has 0 bridgehead atoms. The third kappa shape index (κ3) is 4.42. The van der Waals surface area contributed by atoms with Crippen molar-refractivity contribution in [2.45, 2.75) is 17.9 Å². The Morgan fingerprint density at radius 1 is 1.42 bits per heavy atom. The molecule has 2 aromatic rings. The molecule has 9 heteroatoms. The number of nitrogens with one attached hydrogen (secondary N) is 1. The highest BCUT2D eigenvalue weighted by Crippen LogP contribution is 2.23. The summed E-state index contributed by atoms with van der Waals surface area (Å²) in [4.78, 5) is 22.9. The van der Waals surface area contributed by atoms with Crippen LogP contribution < -0.4 is 16.1 Å². The maximum absolute atomic E-state index is 11.9. The van der Waals surface area contributed by atoms with Crippen molar-refractivity contribution < 1.29 is 4.79 Å². The lowest BCUT2D eigenvalue weighted by atomic mass is 10.1. The number of rotatable bonds is 6. The van der Waals surface area contributed by atoms with Crippen molar-refractivity contribution in [3.63, 3.8) is 0 Å². The van der Waals surface area contributed by atoms with E-state index in [0.29, 0.717) is 31.3 Å². The minimum absolute atomic E-state index is 0.0412. The van der Waals surface area contributed by atoms with Crippen LogP contribution in [0.15, 0.2) is 52.7 Å². The van der Waals surface area contributed by atoms with E-state index in [1.165, 1.54) is 18.1 Å². The lowest BCUT2D eigenvalue weighted by molar-refractivity contribution is 0.149. The lowest BCUT2D eigenvalue weighted by Crippen LogP contribution is -2.62. The molecule has 26 heavy (non-hydrogen) atoms. The molecular weight excluding hydrogens is 350 g/mol. The second-order valence-corrected chi connectivity index (χ2v) is 6.61. The number of hydrogen-bond donors (Lipinski definition) is 2. The number of nitrogens with two attached hydrogens (primary N) is 1. The van der Waals surface area contributed by atoms with Gasteiger partial charge in [-0.1, -0.05) is 30.0 Å². The molecule has 3 N–H and O–H groups in total. The quantitative estimate of drug-likeness (QED) is 0.349. The average Bonchev–Trinajstić information content (AvgIpc) is 2.60. The van der Waals surface area contributed by atoms with Crippen LogP contribution in [0.4, 0.5) is 16.4 Å². The van der Waals surface area contributed by atoms with Gasteiger partial charge in [-0.15, -0.1) is 0 Å². The molecule has 0 unspecified atom stereocenters. The largest absolute Gasteiger partial charge is 0.384 e. The number of carbonyl (C=O) groups is 1. The summed E-state index contributed by atoms with van der Waals surface area (Å²) in [6.07, 6.45) is 1.41. The van der Waals surface area contributed by atoms with E-state index in [4.69, 9.17) is 5.73 Å². The van der Waals surface area contributed by atoms with Gasteiger partial charge in [0.1, 0.15) is 12.1 Å². The van der Waals surface area contributed by atoms with E-state index < -0.39 is 0 Å². The Balaban J connectivity index is 1.70. The molecule has 0 saturated carbocycles. The van der Waals surface area contributed by atoms with Gasteiger partial charge in [-0.25, -0.2) is 19.8 Å². The number of benzene rings is 1. The molecule has 136 valence electrons. The zero-order valence-corrected chi connectivity index (χ0v) is 15.3. The van der Waals surface area contributed by atoms with Gasteiger partial charge in [0.15, 0.2) is 5.82 Å². The van der Waals surface area contributed by atoms with E-state index in [9.17, 15) is 4.79 Å². The van der Waals surface area contributed by atoms with Crippen molar-refractivity contribution in [1.82, 2.24) is 20.2 Å². The van der Waals surface area contributed by atoms with Gasteiger partial charge in [0.05, 0.1) is 11.6 Å². The number of amides is 2. The fraction of sp³-hybridized carbons (Fsp3) is 0.294. The summed E-state index contributed by atoms with van der Waals surface area (Å²) in [5, 5.41) is 9.16. The van der Waals surface area contributed by atoms with Crippen molar-refractivity contribution in [3.8, 4) is 0 Å². The highest BCUT2D eigenvalue weighted by molar-refractivity contribution is 8.12. The van der Waals surface area contributed by atoms with Gasteiger partial charge in [0, 0.05) is 30.6 Å². The molecule has 0 atom stereocenters. The first-order valence-corrected chi connectivity index (χ1v) is 9.19. The highest BCUT2D eigenvalue weighted by atomic mass is 32.2. The number of aromatic nitrogens is 2. The second-order valence-electron chi connectivity index (χ2n) is 5.69. The van der Waals surface area contributed by atoms with E-state index in [1.807, 2.05) is 37.3 Å². The molecule has 8 nitrogen and oxygen atoms in total. The number of hydrogen-bond acceptors (Lipinski definition) is 7. The van der Waals surface area contributed by atoms with E-state index in [1.54, 1.807) is 21.5 Å². The number of anilines is 2. The van der Waals surface area contributed by atoms with Gasteiger partial charge >= 0.3 is 6.03 Å². The summed E-state index contributed by atoms with van der Waals surface area (Å²) in [7, 11) is 0. The Bertz CT molecular complexity index is 765. The molecule has 1 aromatic heterocycles. The van der Waals surface area contributed by atoms with Crippen LogP contribution in [0.25, 0.3) is 0 Å². The van der Waals surface area contributed by atoms with Crippen molar-refractivity contribution in [1.29, 1.82) is 0 Å². The molecule has 1 saturated heterocycles. The topological polar surface area (TPSA) is 99.7 Å². The maximum Gasteiger partial charge on any atom is 0.317 e. The van der Waals surface area contributed by atoms with Gasteiger partial charge in [-0.3, -0.25) is 0 Å². The number of likely N-dealkylation sites (tertiary alicyclic amines) is 1. The van der Waals surface area contributed by atoms with Crippen LogP contribution >= 0.6 is 11.8 Å². The number of urea groups is 1. The first-order chi connectivity index (χ1) is 12.7. The van der Waals surface area contributed by atoms with Crippen LogP contribution in [0, 0.1) is 0 Å². The molecule has 1 aromatic carbocycles. The van der Waals surface area contributed by atoms with Crippen molar-refractivity contribution in [2.75, 3.05) is 30.4 Å². The van der Waals surface area contributed by atoms with Crippen LogP contribution in [-0.4, -0.2) is 52.1 Å². The first-order valence-electron chi connectivity index (χ1n) is 8.31. The molecule has 0 radical (unpaired) electrons. The van der Waals surface area contributed by atoms with E-state index in [-0.39, 0.29) is 12.1 Å². The molecule has 2 amide bonds. The minimum Gasteiger partial charge on any atom is -0.384 e. The molecule has 0 spiro atoms. The number of thioether (sulfide) groups is 1. The summed E-state index contributed by atoms with van der Waals surface area (Å²) in [6, 6.07) is 11.6. The molecular formula is C17H21N7OS. The molecule has 1 aliphatic heterocycles. The molecule has 1 aliphatic rings. The zero-order valence-electron chi connectivity index (χ0n) is 14.4. The summed E-state index contributed by atoms with van der Waals surface area (Å²) in [5.74, 6) is 0.994. The zero-order chi connectivity index (χ0) is 18.4. The molecule has 0 aliphatic carbocycles. The normalized spacial score (nSPS) is 14.3. The van der Waals surface area contributed by atoms with Crippen LogP contribution in [-0.2, 0) is 0 Å². The number of hydrazone groups is 1. The SMILES string of the molecule is CCNC(=O)N1CC(N(/N=C/Sc2ccccc2)c2cc(N)ncn2)C1. The van der Waals surface area contributed by atoms with Crippen LogP contribution in [0.5, 0.6) is 0 Å². The van der Waals surface area contributed by atoms with Crippen LogP contribution in [0.3, 0.4) is 0 Å². The highest BCUT2D eigenvalue weighted by Gasteiger charge is 2.35. The predicted molar refractivity (Wildman–Crippen MR) is 104 cm³/mol. The predicted octanol–water partition coefficient (Wildman–Crippen LogP) is 2.01. The average molecular weight is 371 g/mol. The Kier molecular flexibility index (Phi) is 5.90. The van der Waals surface area contributed by atoms with Crippen LogP contribution in [0.2, 0.25) is 0 Å². The van der Waals surface area contributed by atoms with Gasteiger partial charge in [-0.2, -0.15) is 5.10 Å². The summed E-state index contributed by atoms with van der Waals surface area (Å²) < 4.78 is 0. The van der Waals surface area contributed by atoms with E-state index in [0.717, 1.165) is 4.90 Å². The summed E-state index contributed by atoms with van der Waals surface area (Å²) in [6.45, 7) is 3.65. The third-order valence-electron chi connectivity index (χ3n) is 3.84. The standard InChI is InChI=1S/C17H21N7OS/c1-2-19-17(25)23-9-13(10-23)24(16-8-15(18)20-11-21-16)22-12-26-14-6-4-3-5-7-14/h3-8,11-13H,2,9-10H2,1H3,(H,19,25)(H2,18,20,21)/b22-12+. The van der Waals surface area contributed by atoms with E-state index >= 15 is 0 Å². The fourth-order valence-electron chi connectivity index (χ4n) is 2.50. The minimum atomic E-state index is -0.0615.